The van der Waals surface area contributed by atoms with Crippen LogP contribution in [-0.2, 0) is 9.53 Å². The van der Waals surface area contributed by atoms with E-state index < -0.39 is 0 Å². The first kappa shape index (κ1) is 30.8. The number of amides is 2. The maximum absolute atomic E-state index is 13.3. The first-order valence-electron chi connectivity index (χ1n) is 14.3. The molecule has 4 aromatic carbocycles. The van der Waals surface area contributed by atoms with Crippen molar-refractivity contribution in [3.8, 4) is 16.9 Å². The normalized spacial score (nSPS) is 10.8. The van der Waals surface area contributed by atoms with Gasteiger partial charge < -0.3 is 19.7 Å². The molecule has 0 spiro atoms. The molecule has 1 N–H and O–H groups in total. The summed E-state index contributed by atoms with van der Waals surface area (Å²) in [5, 5.41) is 2.95. The lowest BCUT2D eigenvalue weighted by Gasteiger charge is -2.21. The Hall–Kier alpha value is -5.17. The summed E-state index contributed by atoms with van der Waals surface area (Å²) < 4.78 is 10.8. The summed E-state index contributed by atoms with van der Waals surface area (Å²) in [6.45, 7) is 4.56. The van der Waals surface area contributed by atoms with Gasteiger partial charge in [0.05, 0.1) is 18.9 Å². The highest BCUT2D eigenvalue weighted by atomic mass is 16.5. The molecule has 7 heteroatoms. The molecule has 0 unspecified atom stereocenters. The van der Waals surface area contributed by atoms with Crippen molar-refractivity contribution in [2.24, 2.45) is 0 Å². The minimum atomic E-state index is -0.354. The van der Waals surface area contributed by atoms with Gasteiger partial charge in [-0.3, -0.25) is 9.59 Å². The topological polar surface area (TPSA) is 84.9 Å². The average Bonchev–Trinajstić information content (AvgIpc) is 3.03. The minimum Gasteiger partial charge on any atom is -0.491 e. The van der Waals surface area contributed by atoms with Gasteiger partial charge in [0.15, 0.2) is 0 Å². The van der Waals surface area contributed by atoms with Crippen molar-refractivity contribution >= 4 is 29.2 Å². The number of aryl methyl sites for hydroxylation is 1. The quantitative estimate of drug-likeness (QED) is 0.107. The molecule has 2 amide bonds. The maximum Gasteiger partial charge on any atom is 0.330 e. The average molecular weight is 577 g/mol. The van der Waals surface area contributed by atoms with E-state index in [1.54, 1.807) is 55.3 Å². The Bertz CT molecular complexity index is 1580. The Labute approximate surface area is 252 Å². The van der Waals surface area contributed by atoms with Gasteiger partial charge in [-0.15, -0.1) is 0 Å². The molecule has 0 fully saturated rings. The molecule has 7 nitrogen and oxygen atoms in total. The molecular formula is C36H36N2O5. The van der Waals surface area contributed by atoms with Crippen LogP contribution in [0.2, 0.25) is 0 Å². The Kier molecular flexibility index (Phi) is 10.9. The van der Waals surface area contributed by atoms with Crippen LogP contribution in [0.4, 0.5) is 11.4 Å². The fraction of sp³-hybridized carbons (Fsp3) is 0.194. The minimum absolute atomic E-state index is 0.212. The van der Waals surface area contributed by atoms with Gasteiger partial charge in [0.1, 0.15) is 5.75 Å². The van der Waals surface area contributed by atoms with Gasteiger partial charge in [0.25, 0.3) is 11.8 Å². The number of carbonyl (C=O) groups excluding carboxylic acids is 3. The predicted molar refractivity (Wildman–Crippen MR) is 171 cm³/mol. The molecule has 4 rings (SSSR count). The zero-order valence-electron chi connectivity index (χ0n) is 24.7. The van der Waals surface area contributed by atoms with E-state index in [-0.39, 0.29) is 17.8 Å². The third-order valence-electron chi connectivity index (χ3n) is 6.77. The van der Waals surface area contributed by atoms with Gasteiger partial charge >= 0.3 is 5.97 Å². The second-order valence-corrected chi connectivity index (χ2v) is 9.92. The van der Waals surface area contributed by atoms with Crippen molar-refractivity contribution in [2.75, 3.05) is 30.5 Å². The highest BCUT2D eigenvalue weighted by Crippen LogP contribution is 2.29. The fourth-order valence-corrected chi connectivity index (χ4v) is 4.47. The van der Waals surface area contributed by atoms with E-state index in [1.807, 2.05) is 73.7 Å². The van der Waals surface area contributed by atoms with E-state index >= 15 is 0 Å². The number of para-hydroxylation sites is 2. The van der Waals surface area contributed by atoms with Crippen LogP contribution >= 0.6 is 0 Å². The largest absolute Gasteiger partial charge is 0.491 e. The monoisotopic (exact) mass is 576 g/mol. The Morgan fingerprint density at radius 2 is 1.56 bits per heavy atom. The lowest BCUT2D eigenvalue weighted by molar-refractivity contribution is -0.137. The number of esters is 1. The number of hydrogen-bond acceptors (Lipinski definition) is 5. The number of nitrogens with zero attached hydrogens (tertiary/aromatic N) is 1. The molecule has 43 heavy (non-hydrogen) atoms. The van der Waals surface area contributed by atoms with Crippen molar-refractivity contribution in [1.82, 2.24) is 0 Å². The van der Waals surface area contributed by atoms with E-state index in [1.165, 1.54) is 6.08 Å². The first-order valence-corrected chi connectivity index (χ1v) is 14.3. The number of anilines is 2. The van der Waals surface area contributed by atoms with Crippen LogP contribution in [0.15, 0.2) is 109 Å². The van der Waals surface area contributed by atoms with Crippen LogP contribution in [-0.4, -0.2) is 38.0 Å². The molecule has 4 aromatic rings. The predicted octanol–water partition coefficient (Wildman–Crippen LogP) is 7.47. The van der Waals surface area contributed by atoms with Gasteiger partial charge in [-0.1, -0.05) is 66.2 Å². The van der Waals surface area contributed by atoms with Crippen molar-refractivity contribution in [3.05, 3.63) is 126 Å². The van der Waals surface area contributed by atoms with Crippen LogP contribution in [0.25, 0.3) is 11.1 Å². The third kappa shape index (κ3) is 8.42. The first-order chi connectivity index (χ1) is 20.9. The van der Waals surface area contributed by atoms with Crippen LogP contribution in [0.5, 0.6) is 5.75 Å². The standard InChI is InChI=1S/C36H36N2O5/c1-4-42-34(39)16-6-5-11-25-43-33-15-10-9-14-32(33)38(3)36(41)28-21-23-29(24-22-28)37-35(40)31-13-8-7-12-30(31)27-19-17-26(2)18-20-27/h6-10,12-24H,4-5,11,25H2,1-3H3,(H,37,40). The van der Waals surface area contributed by atoms with Crippen molar-refractivity contribution in [1.29, 1.82) is 0 Å². The van der Waals surface area contributed by atoms with Crippen molar-refractivity contribution in [2.45, 2.75) is 26.7 Å². The van der Waals surface area contributed by atoms with Crippen LogP contribution in [0, 0.1) is 6.92 Å². The smallest absolute Gasteiger partial charge is 0.330 e. The summed E-state index contributed by atoms with van der Waals surface area (Å²) in [5.74, 6) is -0.206. The second-order valence-electron chi connectivity index (χ2n) is 9.92. The molecule has 0 saturated carbocycles. The van der Waals surface area contributed by atoms with E-state index in [2.05, 4.69) is 5.32 Å². The Morgan fingerprint density at radius 1 is 0.860 bits per heavy atom. The number of rotatable bonds is 12. The molecule has 0 aliphatic carbocycles. The Morgan fingerprint density at radius 3 is 2.30 bits per heavy atom. The van der Waals surface area contributed by atoms with Gasteiger partial charge in [-0.25, -0.2) is 4.79 Å². The molecule has 0 saturated heterocycles. The van der Waals surface area contributed by atoms with Gasteiger partial charge in [0, 0.05) is 29.9 Å². The molecule has 220 valence electrons. The summed E-state index contributed by atoms with van der Waals surface area (Å²) in [6.07, 6.45) is 4.55. The molecule has 0 radical (unpaired) electrons. The number of nitrogens with one attached hydrogen (secondary N) is 1. The van der Waals surface area contributed by atoms with Crippen molar-refractivity contribution < 1.29 is 23.9 Å². The lowest BCUT2D eigenvalue weighted by atomic mass is 9.98. The van der Waals surface area contributed by atoms with Gasteiger partial charge in [-0.2, -0.15) is 0 Å². The summed E-state index contributed by atoms with van der Waals surface area (Å²) >= 11 is 0. The number of ether oxygens (including phenoxy) is 2. The third-order valence-corrected chi connectivity index (χ3v) is 6.77. The van der Waals surface area contributed by atoms with Crippen LogP contribution in [0.3, 0.4) is 0 Å². The van der Waals surface area contributed by atoms with Crippen LogP contribution < -0.4 is 15.0 Å². The summed E-state index contributed by atoms with van der Waals surface area (Å²) in [5.41, 5.74) is 5.23. The maximum atomic E-state index is 13.3. The van der Waals surface area contributed by atoms with Crippen LogP contribution in [0.1, 0.15) is 46.0 Å². The number of carbonyl (C=O) groups is 3. The molecule has 0 aromatic heterocycles. The zero-order chi connectivity index (χ0) is 30.6. The molecule has 0 bridgehead atoms. The molecule has 0 atom stereocenters. The van der Waals surface area contributed by atoms with Gasteiger partial charge in [0.2, 0.25) is 0 Å². The highest BCUT2D eigenvalue weighted by Gasteiger charge is 2.18. The van der Waals surface area contributed by atoms with E-state index in [0.717, 1.165) is 16.7 Å². The number of unbranched alkanes of at least 4 members (excludes halogenated alkanes) is 1. The van der Waals surface area contributed by atoms with Gasteiger partial charge in [-0.05, 0) is 80.3 Å². The van der Waals surface area contributed by atoms with E-state index in [9.17, 15) is 14.4 Å². The summed E-state index contributed by atoms with van der Waals surface area (Å²) in [4.78, 5) is 39.5. The SMILES string of the molecule is CCOC(=O)C=CCCCOc1ccccc1N(C)C(=O)c1ccc(NC(=O)c2ccccc2-c2ccc(C)cc2)cc1. The fourth-order valence-electron chi connectivity index (χ4n) is 4.47. The summed E-state index contributed by atoms with van der Waals surface area (Å²) in [6, 6.07) is 29.7. The van der Waals surface area contributed by atoms with E-state index in [0.29, 0.717) is 54.3 Å². The van der Waals surface area contributed by atoms with Crippen molar-refractivity contribution in [3.63, 3.8) is 0 Å². The zero-order valence-corrected chi connectivity index (χ0v) is 24.7. The lowest BCUT2D eigenvalue weighted by Crippen LogP contribution is -2.26. The number of hydrogen-bond donors (Lipinski definition) is 1. The molecular weight excluding hydrogens is 540 g/mol. The number of benzene rings is 4. The molecule has 0 heterocycles. The molecule has 0 aliphatic rings. The van der Waals surface area contributed by atoms with E-state index in [4.69, 9.17) is 9.47 Å². The second kappa shape index (κ2) is 15.2. The number of allylic oxidation sites excluding steroid dienone is 1. The highest BCUT2D eigenvalue weighted by molar-refractivity contribution is 6.09. The molecule has 0 aliphatic heterocycles. The Balaban J connectivity index is 1.37. The summed E-state index contributed by atoms with van der Waals surface area (Å²) in [7, 11) is 1.70.